The fraction of sp³-hybridized carbons (Fsp3) is 0.857. The molecule has 0 N–H and O–H groups in total. The van der Waals surface area contributed by atoms with Crippen LogP contribution in [0.4, 0.5) is 0 Å². The Hall–Kier alpha value is 0.320. The first-order chi connectivity index (χ1) is 16.3. The predicted octanol–water partition coefficient (Wildman–Crippen LogP) is 9.87. The first-order valence-electron chi connectivity index (χ1n) is 13.5. The molecule has 0 aliphatic carbocycles. The Labute approximate surface area is 222 Å². The van der Waals surface area contributed by atoms with Gasteiger partial charge in [-0.15, -0.1) is 0 Å². The SMILES string of the molecule is CCCCCCC(CC/C=C/CCBr)OCOCOC(CC/C=C/CCBr)CCCCCC. The molecule has 0 radical (unpaired) electrons. The van der Waals surface area contributed by atoms with Crippen LogP contribution >= 0.6 is 31.9 Å². The molecule has 0 aliphatic heterocycles. The van der Waals surface area contributed by atoms with Gasteiger partial charge in [0.15, 0.2) is 0 Å². The molecular weight excluding hydrogens is 544 g/mol. The molecule has 0 bridgehead atoms. The van der Waals surface area contributed by atoms with Crippen LogP contribution in [0.2, 0.25) is 0 Å². The van der Waals surface area contributed by atoms with Crippen molar-refractivity contribution in [2.75, 3.05) is 24.2 Å². The monoisotopic (exact) mass is 594 g/mol. The van der Waals surface area contributed by atoms with Crippen LogP contribution in [-0.4, -0.2) is 36.5 Å². The van der Waals surface area contributed by atoms with Gasteiger partial charge in [-0.2, -0.15) is 0 Å². The van der Waals surface area contributed by atoms with Crippen LogP contribution in [-0.2, 0) is 14.2 Å². The van der Waals surface area contributed by atoms with Crippen LogP contribution < -0.4 is 0 Å². The molecule has 0 spiro atoms. The van der Waals surface area contributed by atoms with Gasteiger partial charge in [0.25, 0.3) is 0 Å². The second-order valence-electron chi connectivity index (χ2n) is 8.77. The first kappa shape index (κ1) is 33.3. The van der Waals surface area contributed by atoms with Crippen LogP contribution in [0.1, 0.15) is 117 Å². The zero-order chi connectivity index (χ0) is 24.2. The Morgan fingerprint density at radius 1 is 0.545 bits per heavy atom. The van der Waals surface area contributed by atoms with E-state index in [2.05, 4.69) is 70.0 Å². The van der Waals surface area contributed by atoms with E-state index < -0.39 is 0 Å². The Kier molecular flexibility index (Phi) is 28.8. The molecule has 0 aromatic heterocycles. The second-order valence-corrected chi connectivity index (χ2v) is 10.4. The molecule has 33 heavy (non-hydrogen) atoms. The van der Waals surface area contributed by atoms with Crippen molar-refractivity contribution in [1.29, 1.82) is 0 Å². The van der Waals surface area contributed by atoms with Crippen molar-refractivity contribution in [3.63, 3.8) is 0 Å². The lowest BCUT2D eigenvalue weighted by Crippen LogP contribution is -2.19. The minimum Gasteiger partial charge on any atom is -0.352 e. The van der Waals surface area contributed by atoms with Crippen LogP contribution in [0.25, 0.3) is 0 Å². The average Bonchev–Trinajstić information content (AvgIpc) is 2.82. The van der Waals surface area contributed by atoms with Crippen molar-refractivity contribution in [3.05, 3.63) is 24.3 Å². The van der Waals surface area contributed by atoms with Gasteiger partial charge in [0.2, 0.25) is 0 Å². The smallest absolute Gasteiger partial charge is 0.149 e. The van der Waals surface area contributed by atoms with Crippen LogP contribution in [0.5, 0.6) is 0 Å². The summed E-state index contributed by atoms with van der Waals surface area (Å²) in [5.74, 6) is 0. The number of unbranched alkanes of at least 4 members (excludes halogenated alkanes) is 6. The highest BCUT2D eigenvalue weighted by Gasteiger charge is 2.10. The zero-order valence-corrected chi connectivity index (χ0v) is 24.8. The maximum atomic E-state index is 6.09. The minimum absolute atomic E-state index is 0.278. The largest absolute Gasteiger partial charge is 0.352 e. The molecule has 2 atom stereocenters. The maximum Gasteiger partial charge on any atom is 0.149 e. The minimum atomic E-state index is 0.278. The van der Waals surface area contributed by atoms with Crippen LogP contribution in [0.3, 0.4) is 0 Å². The third-order valence-electron chi connectivity index (χ3n) is 5.73. The van der Waals surface area contributed by atoms with Crippen LogP contribution in [0, 0.1) is 0 Å². The quantitative estimate of drug-likeness (QED) is 0.0431. The summed E-state index contributed by atoms with van der Waals surface area (Å²) in [6.45, 7) is 5.18. The first-order valence-corrected chi connectivity index (χ1v) is 15.8. The van der Waals surface area contributed by atoms with E-state index in [0.29, 0.717) is 13.6 Å². The number of rotatable bonds is 26. The van der Waals surface area contributed by atoms with Crippen molar-refractivity contribution in [1.82, 2.24) is 0 Å². The lowest BCUT2D eigenvalue weighted by molar-refractivity contribution is -0.167. The maximum absolute atomic E-state index is 6.09. The van der Waals surface area contributed by atoms with E-state index >= 15 is 0 Å². The number of hydrogen-bond donors (Lipinski definition) is 0. The standard InChI is InChI=1S/C28H52Br2O3/c1-3-5-7-13-19-27(21-15-9-11-17-23-29)32-25-31-26-33-28(20-14-8-6-4-2)22-16-10-12-18-24-30/h9-12,27-28H,3-8,13-26H2,1-2H3/b11-9+,12-10+. The molecule has 0 aromatic carbocycles. The highest BCUT2D eigenvalue weighted by Crippen LogP contribution is 2.16. The van der Waals surface area contributed by atoms with E-state index in [-0.39, 0.29) is 12.2 Å². The Morgan fingerprint density at radius 3 is 1.36 bits per heavy atom. The van der Waals surface area contributed by atoms with E-state index in [4.69, 9.17) is 14.2 Å². The van der Waals surface area contributed by atoms with Crippen molar-refractivity contribution >= 4 is 31.9 Å². The van der Waals surface area contributed by atoms with Gasteiger partial charge in [0.05, 0.1) is 12.2 Å². The molecule has 196 valence electrons. The molecule has 0 aliphatic rings. The third kappa shape index (κ3) is 25.2. The summed E-state index contributed by atoms with van der Waals surface area (Å²) < 4.78 is 17.9. The molecule has 0 aromatic rings. The van der Waals surface area contributed by atoms with Gasteiger partial charge in [-0.1, -0.05) is 121 Å². The van der Waals surface area contributed by atoms with Crippen LogP contribution in [0.15, 0.2) is 24.3 Å². The summed E-state index contributed by atoms with van der Waals surface area (Å²) in [6, 6.07) is 0. The van der Waals surface area contributed by atoms with E-state index in [1.807, 2.05) is 0 Å². The van der Waals surface area contributed by atoms with Crippen molar-refractivity contribution in [3.8, 4) is 0 Å². The normalized spacial score (nSPS) is 13.9. The average molecular weight is 597 g/mol. The molecule has 0 rings (SSSR count). The summed E-state index contributed by atoms with van der Waals surface area (Å²) in [6.07, 6.45) is 28.6. The number of halogens is 2. The van der Waals surface area contributed by atoms with E-state index in [9.17, 15) is 0 Å². The van der Waals surface area contributed by atoms with Gasteiger partial charge in [-0.3, -0.25) is 0 Å². The molecule has 0 heterocycles. The highest BCUT2D eigenvalue weighted by atomic mass is 79.9. The molecule has 0 saturated carbocycles. The van der Waals surface area contributed by atoms with Crippen molar-refractivity contribution in [2.24, 2.45) is 0 Å². The highest BCUT2D eigenvalue weighted by molar-refractivity contribution is 9.09. The van der Waals surface area contributed by atoms with E-state index in [1.54, 1.807) is 0 Å². The molecular formula is C28H52Br2O3. The van der Waals surface area contributed by atoms with Gasteiger partial charge >= 0.3 is 0 Å². The summed E-state index contributed by atoms with van der Waals surface area (Å²) in [5.41, 5.74) is 0. The molecule has 5 heteroatoms. The van der Waals surface area contributed by atoms with Gasteiger partial charge in [-0.25, -0.2) is 0 Å². The number of alkyl halides is 2. The number of ether oxygens (including phenoxy) is 3. The lowest BCUT2D eigenvalue weighted by Gasteiger charge is -2.20. The fourth-order valence-corrected chi connectivity index (χ4v) is 4.23. The Morgan fingerprint density at radius 2 is 0.970 bits per heavy atom. The van der Waals surface area contributed by atoms with Crippen molar-refractivity contribution < 1.29 is 14.2 Å². The van der Waals surface area contributed by atoms with Gasteiger partial charge in [0.1, 0.15) is 13.6 Å². The summed E-state index contributed by atoms with van der Waals surface area (Å²) in [5, 5.41) is 2.06. The van der Waals surface area contributed by atoms with Gasteiger partial charge in [0, 0.05) is 10.7 Å². The summed E-state index contributed by atoms with van der Waals surface area (Å²) in [4.78, 5) is 0. The fourth-order valence-electron chi connectivity index (χ4n) is 3.70. The van der Waals surface area contributed by atoms with E-state index in [1.165, 1.54) is 51.4 Å². The summed E-state index contributed by atoms with van der Waals surface area (Å²) in [7, 11) is 0. The molecule has 3 nitrogen and oxygen atoms in total. The predicted molar refractivity (Wildman–Crippen MR) is 152 cm³/mol. The van der Waals surface area contributed by atoms with Gasteiger partial charge in [-0.05, 0) is 51.4 Å². The molecule has 2 unspecified atom stereocenters. The molecule has 0 fully saturated rings. The summed E-state index contributed by atoms with van der Waals surface area (Å²) >= 11 is 6.95. The Balaban J connectivity index is 4.25. The third-order valence-corrected chi connectivity index (χ3v) is 6.64. The lowest BCUT2D eigenvalue weighted by atomic mass is 10.1. The number of hydrogen-bond acceptors (Lipinski definition) is 3. The molecule has 0 amide bonds. The number of allylic oxidation sites excluding steroid dienone is 4. The van der Waals surface area contributed by atoms with Crippen molar-refractivity contribution in [2.45, 2.75) is 129 Å². The van der Waals surface area contributed by atoms with E-state index in [0.717, 1.165) is 62.0 Å². The molecule has 0 saturated heterocycles. The zero-order valence-electron chi connectivity index (χ0n) is 21.6. The second kappa shape index (κ2) is 28.6. The van der Waals surface area contributed by atoms with Gasteiger partial charge < -0.3 is 14.2 Å². The topological polar surface area (TPSA) is 27.7 Å². The Bertz CT molecular complexity index is 391.